The number of allylic oxidation sites excluding steroid dienone is 3. The summed E-state index contributed by atoms with van der Waals surface area (Å²) >= 11 is 0. The fourth-order valence-corrected chi connectivity index (χ4v) is 6.82. The summed E-state index contributed by atoms with van der Waals surface area (Å²) in [7, 11) is 1.33. The van der Waals surface area contributed by atoms with Gasteiger partial charge in [0, 0.05) is 6.42 Å². The number of ether oxygens (including phenoxy) is 2. The average molecular weight is 772 g/mol. The molecule has 0 N–H and O–H groups in total. The third kappa shape index (κ3) is 41.8. The van der Waals surface area contributed by atoms with Crippen LogP contribution in [0.4, 0.5) is 0 Å². The number of carbonyl (C=O) groups is 1. The third-order valence-electron chi connectivity index (χ3n) is 9.57. The van der Waals surface area contributed by atoms with Crippen LogP contribution in [-0.2, 0) is 27.9 Å². The minimum atomic E-state index is -4.54. The van der Waals surface area contributed by atoms with Crippen molar-refractivity contribution >= 4 is 13.8 Å². The fraction of sp³-hybridized carbons (Fsp3) is 0.886. The zero-order valence-corrected chi connectivity index (χ0v) is 36.4. The van der Waals surface area contributed by atoms with Crippen molar-refractivity contribution in [3.8, 4) is 0 Å². The Bertz CT molecular complexity index is 905. The molecule has 0 radical (unpaired) electrons. The molecule has 314 valence electrons. The molecule has 1 unspecified atom stereocenters. The molecule has 0 aromatic carbocycles. The van der Waals surface area contributed by atoms with Crippen molar-refractivity contribution in [2.24, 2.45) is 0 Å². The highest BCUT2D eigenvalue weighted by Gasteiger charge is 2.20. The number of nitrogens with zero attached hydrogens (tertiary/aromatic N) is 1. The second-order valence-corrected chi connectivity index (χ2v) is 17.5. The summed E-state index contributed by atoms with van der Waals surface area (Å²) in [6.45, 7) is 4.74. The molecule has 0 saturated carbocycles. The molecule has 0 aromatic rings. The zero-order chi connectivity index (χ0) is 39.1. The predicted octanol–water partition coefficient (Wildman–Crippen LogP) is 12.5. The normalized spacial score (nSPS) is 13.9. The van der Waals surface area contributed by atoms with Gasteiger partial charge in [-0.2, -0.15) is 0 Å². The van der Waals surface area contributed by atoms with Gasteiger partial charge in [0.05, 0.1) is 34.0 Å². The second kappa shape index (κ2) is 37.7. The van der Waals surface area contributed by atoms with Crippen LogP contribution >= 0.6 is 7.82 Å². The first-order chi connectivity index (χ1) is 25.6. The molecule has 8 nitrogen and oxygen atoms in total. The molecule has 0 heterocycles. The van der Waals surface area contributed by atoms with Crippen LogP contribution < -0.4 is 4.89 Å². The summed E-state index contributed by atoms with van der Waals surface area (Å²) in [5.74, 6) is -0.359. The number of esters is 1. The van der Waals surface area contributed by atoms with Crippen LogP contribution in [0.15, 0.2) is 24.5 Å². The molecular formula is C44H86NO7P. The summed E-state index contributed by atoms with van der Waals surface area (Å²) in [6, 6.07) is 0. The summed E-state index contributed by atoms with van der Waals surface area (Å²) in [5, 5.41) is 0. The van der Waals surface area contributed by atoms with E-state index >= 15 is 0 Å². The second-order valence-electron chi connectivity index (χ2n) is 16.1. The number of quaternary nitrogens is 1. The molecule has 0 rings (SSSR count). The van der Waals surface area contributed by atoms with E-state index in [1.54, 1.807) is 6.26 Å². The van der Waals surface area contributed by atoms with E-state index in [-0.39, 0.29) is 25.8 Å². The summed E-state index contributed by atoms with van der Waals surface area (Å²) in [5.41, 5.74) is 0. The van der Waals surface area contributed by atoms with Crippen molar-refractivity contribution in [3.05, 3.63) is 24.5 Å². The number of hydrogen-bond donors (Lipinski definition) is 0. The van der Waals surface area contributed by atoms with E-state index in [1.807, 2.05) is 27.2 Å². The van der Waals surface area contributed by atoms with Gasteiger partial charge in [-0.1, -0.05) is 161 Å². The summed E-state index contributed by atoms with van der Waals surface area (Å²) in [4.78, 5) is 25.0. The molecule has 0 amide bonds. The Labute approximate surface area is 328 Å². The van der Waals surface area contributed by atoms with Crippen molar-refractivity contribution < 1.29 is 37.3 Å². The van der Waals surface area contributed by atoms with Gasteiger partial charge in [0.1, 0.15) is 19.8 Å². The number of rotatable bonds is 41. The number of phosphoric acid groups is 1. The van der Waals surface area contributed by atoms with E-state index in [0.29, 0.717) is 17.4 Å². The molecule has 0 aliphatic rings. The van der Waals surface area contributed by atoms with Crippen LogP contribution in [0.5, 0.6) is 0 Å². The number of phosphoric ester groups is 1. The smallest absolute Gasteiger partial charge is 0.306 e. The van der Waals surface area contributed by atoms with E-state index < -0.39 is 13.9 Å². The molecule has 0 saturated heterocycles. The maximum atomic E-state index is 12.6. The SMILES string of the molecule is CCCCCC/C=C\CCCCCCCCCC(=O)O[C@H](CO/C=C\CCCCCCCCCCCCCCCC)COP(=O)([O-])OCC[N+](C)(C)C. The van der Waals surface area contributed by atoms with E-state index in [4.69, 9.17) is 18.5 Å². The summed E-state index contributed by atoms with van der Waals surface area (Å²) < 4.78 is 34.3. The number of carbonyl (C=O) groups excluding carboxylic acids is 1. The van der Waals surface area contributed by atoms with Crippen LogP contribution in [0.2, 0.25) is 0 Å². The average Bonchev–Trinajstić information content (AvgIpc) is 3.11. The lowest BCUT2D eigenvalue weighted by Crippen LogP contribution is -2.37. The topological polar surface area (TPSA) is 94.1 Å². The lowest BCUT2D eigenvalue weighted by atomic mass is 10.0. The van der Waals surface area contributed by atoms with Crippen LogP contribution in [0.25, 0.3) is 0 Å². The largest absolute Gasteiger partial charge is 0.756 e. The van der Waals surface area contributed by atoms with E-state index in [2.05, 4.69) is 26.0 Å². The van der Waals surface area contributed by atoms with Crippen LogP contribution in [0.3, 0.4) is 0 Å². The Morgan fingerprint density at radius 2 is 1.00 bits per heavy atom. The fourth-order valence-electron chi connectivity index (χ4n) is 6.09. The van der Waals surface area contributed by atoms with Crippen molar-refractivity contribution in [3.63, 3.8) is 0 Å². The molecule has 0 aliphatic heterocycles. The number of hydrogen-bond acceptors (Lipinski definition) is 7. The molecule has 2 atom stereocenters. The van der Waals surface area contributed by atoms with Crippen LogP contribution in [0, 0.1) is 0 Å². The van der Waals surface area contributed by atoms with E-state index in [9.17, 15) is 14.3 Å². The predicted molar refractivity (Wildman–Crippen MR) is 222 cm³/mol. The van der Waals surface area contributed by atoms with Crippen molar-refractivity contribution in [1.29, 1.82) is 0 Å². The molecule has 0 bridgehead atoms. The monoisotopic (exact) mass is 772 g/mol. The van der Waals surface area contributed by atoms with E-state index in [0.717, 1.165) is 32.1 Å². The Morgan fingerprint density at radius 1 is 0.585 bits per heavy atom. The first kappa shape index (κ1) is 51.8. The number of unbranched alkanes of at least 4 members (excludes halogenated alkanes) is 25. The molecule has 0 spiro atoms. The lowest BCUT2D eigenvalue weighted by molar-refractivity contribution is -0.870. The lowest BCUT2D eigenvalue weighted by Gasteiger charge is -2.28. The first-order valence-corrected chi connectivity index (χ1v) is 23.6. The highest BCUT2D eigenvalue weighted by atomic mass is 31.2. The van der Waals surface area contributed by atoms with Gasteiger partial charge in [-0.05, 0) is 51.0 Å². The van der Waals surface area contributed by atoms with Gasteiger partial charge in [-0.25, -0.2) is 0 Å². The van der Waals surface area contributed by atoms with Crippen molar-refractivity contribution in [2.75, 3.05) is 47.5 Å². The Hall–Kier alpha value is -1.18. The first-order valence-electron chi connectivity index (χ1n) is 22.1. The van der Waals surface area contributed by atoms with Crippen molar-refractivity contribution in [1.82, 2.24) is 0 Å². The Balaban J connectivity index is 4.27. The molecule has 9 heteroatoms. The van der Waals surface area contributed by atoms with Crippen molar-refractivity contribution in [2.45, 2.75) is 206 Å². The standard InChI is InChI=1S/C44H86NO7P/c1-6-8-10-12-14-16-18-20-22-24-26-28-30-32-34-36-39-49-41-43(42-51-53(47,48)50-40-38-45(3,4)5)52-44(46)37-35-33-31-29-27-25-23-21-19-17-15-13-11-9-7-2/h17,19,36,39,43H,6-16,18,20-35,37-38,40-42H2,1-5H3/b19-17-,39-36-/t43-/m1/s1. The van der Waals surface area contributed by atoms with Gasteiger partial charge in [-0.15, -0.1) is 0 Å². The molecule has 53 heavy (non-hydrogen) atoms. The highest BCUT2D eigenvalue weighted by Crippen LogP contribution is 2.38. The minimum Gasteiger partial charge on any atom is -0.756 e. The molecule has 0 aromatic heterocycles. The number of likely N-dealkylation sites (N-methyl/N-ethyl adjacent to an activating group) is 1. The van der Waals surface area contributed by atoms with Gasteiger partial charge in [0.25, 0.3) is 7.82 Å². The third-order valence-corrected chi connectivity index (χ3v) is 10.5. The Morgan fingerprint density at radius 3 is 1.47 bits per heavy atom. The van der Waals surface area contributed by atoms with Gasteiger partial charge in [-0.3, -0.25) is 9.36 Å². The van der Waals surface area contributed by atoms with Gasteiger partial charge in [0.2, 0.25) is 0 Å². The van der Waals surface area contributed by atoms with Gasteiger partial charge in [0.15, 0.2) is 6.10 Å². The van der Waals surface area contributed by atoms with Crippen LogP contribution in [-0.4, -0.2) is 64.1 Å². The molecule has 0 fully saturated rings. The quantitative estimate of drug-likeness (QED) is 0.0152. The van der Waals surface area contributed by atoms with Crippen LogP contribution in [0.1, 0.15) is 200 Å². The molecular weight excluding hydrogens is 685 g/mol. The van der Waals surface area contributed by atoms with Gasteiger partial charge >= 0.3 is 5.97 Å². The minimum absolute atomic E-state index is 0.0173. The van der Waals surface area contributed by atoms with Gasteiger partial charge < -0.3 is 27.9 Å². The zero-order valence-electron chi connectivity index (χ0n) is 35.5. The molecule has 0 aliphatic carbocycles. The van der Waals surface area contributed by atoms with E-state index in [1.165, 1.54) is 148 Å². The maximum Gasteiger partial charge on any atom is 0.306 e. The maximum absolute atomic E-state index is 12.6. The highest BCUT2D eigenvalue weighted by molar-refractivity contribution is 7.45. The summed E-state index contributed by atoms with van der Waals surface area (Å²) in [6.07, 6.45) is 42.8. The Kier molecular flexibility index (Phi) is 36.9.